The number of benzene rings is 3. The highest BCUT2D eigenvalue weighted by Crippen LogP contribution is 2.31. The fourth-order valence-corrected chi connectivity index (χ4v) is 7.89. The molecule has 8 nitrogen and oxygen atoms in total. The van der Waals surface area contributed by atoms with Crippen molar-refractivity contribution in [2.24, 2.45) is 0 Å². The first-order valence-corrected chi connectivity index (χ1v) is 16.2. The molecule has 0 unspecified atom stereocenters. The third-order valence-electron chi connectivity index (χ3n) is 5.96. The second-order valence-electron chi connectivity index (χ2n) is 8.87. The smallest absolute Gasteiger partial charge is 0.265 e. The number of thiophene rings is 1. The number of carbonyl (C=O) groups is 1. The van der Waals surface area contributed by atoms with Gasteiger partial charge in [0.2, 0.25) is 20.0 Å². The fourth-order valence-electron chi connectivity index (χ4n) is 4.26. The molecule has 0 saturated heterocycles. The molecule has 13 heteroatoms. The summed E-state index contributed by atoms with van der Waals surface area (Å²) >= 11 is 4.56. The lowest BCUT2D eigenvalue weighted by molar-refractivity contribution is 0.103. The van der Waals surface area contributed by atoms with Gasteiger partial charge in [0.25, 0.3) is 5.91 Å². The average molecular weight is 639 g/mol. The standard InChI is InChI=1S/C25H21BrFN3O5S3/c1-37(32,33)29-20-4-5-23-16(9-20)10-24(36-23)25(31)28-21-11-18(26)12-22(13-21)38(34,35)30-7-6-15-2-3-19(27)8-17(15)14-30/h2-5,8-13,29H,6-7,14H2,1H3,(H,28,31). The van der Waals surface area contributed by atoms with Crippen molar-refractivity contribution < 1.29 is 26.0 Å². The Labute approximate surface area is 231 Å². The van der Waals surface area contributed by atoms with Crippen LogP contribution in [0.25, 0.3) is 10.1 Å². The number of rotatable bonds is 6. The van der Waals surface area contributed by atoms with Crippen molar-refractivity contribution in [3.8, 4) is 0 Å². The Kier molecular flexibility index (Phi) is 7.07. The van der Waals surface area contributed by atoms with Gasteiger partial charge >= 0.3 is 0 Å². The van der Waals surface area contributed by atoms with Crippen LogP contribution in [0.3, 0.4) is 0 Å². The molecule has 0 radical (unpaired) electrons. The van der Waals surface area contributed by atoms with E-state index in [0.717, 1.165) is 16.5 Å². The Morgan fingerprint density at radius 3 is 2.53 bits per heavy atom. The molecule has 0 atom stereocenters. The number of amides is 1. The van der Waals surface area contributed by atoms with Crippen LogP contribution in [0.2, 0.25) is 0 Å². The van der Waals surface area contributed by atoms with Crippen molar-refractivity contribution >= 4 is 74.7 Å². The van der Waals surface area contributed by atoms with E-state index in [0.29, 0.717) is 32.4 Å². The summed E-state index contributed by atoms with van der Waals surface area (Å²) in [6, 6.07) is 15.5. The van der Waals surface area contributed by atoms with E-state index in [1.165, 1.54) is 39.9 Å². The van der Waals surface area contributed by atoms with Gasteiger partial charge in [-0.1, -0.05) is 22.0 Å². The van der Waals surface area contributed by atoms with Gasteiger partial charge in [0.15, 0.2) is 0 Å². The number of sulfonamides is 2. The summed E-state index contributed by atoms with van der Waals surface area (Å²) in [4.78, 5) is 13.4. The van der Waals surface area contributed by atoms with Crippen LogP contribution in [0.15, 0.2) is 70.0 Å². The summed E-state index contributed by atoms with van der Waals surface area (Å²) in [5, 5.41) is 3.44. The molecule has 0 bridgehead atoms. The van der Waals surface area contributed by atoms with Gasteiger partial charge in [-0.3, -0.25) is 9.52 Å². The second-order valence-corrected chi connectivity index (χ2v) is 14.6. The number of fused-ring (bicyclic) bond motifs is 2. The van der Waals surface area contributed by atoms with Gasteiger partial charge in [0.05, 0.1) is 16.0 Å². The van der Waals surface area contributed by atoms with Crippen LogP contribution in [0.1, 0.15) is 20.8 Å². The van der Waals surface area contributed by atoms with Crippen LogP contribution in [0.4, 0.5) is 15.8 Å². The van der Waals surface area contributed by atoms with Crippen molar-refractivity contribution in [2.75, 3.05) is 22.8 Å². The summed E-state index contributed by atoms with van der Waals surface area (Å²) in [6.45, 7) is 0.314. The molecule has 0 fully saturated rings. The zero-order valence-electron chi connectivity index (χ0n) is 19.9. The first kappa shape index (κ1) is 26.8. The largest absolute Gasteiger partial charge is 0.321 e. The van der Waals surface area contributed by atoms with Gasteiger partial charge in [-0.05, 0) is 77.5 Å². The Hall–Kier alpha value is -2.84. The number of nitrogens with one attached hydrogen (secondary N) is 2. The molecule has 1 amide bonds. The van der Waals surface area contributed by atoms with Gasteiger partial charge in [-0.2, -0.15) is 4.31 Å². The highest BCUT2D eigenvalue weighted by Gasteiger charge is 2.29. The minimum absolute atomic E-state index is 0.00476. The SMILES string of the molecule is CS(=O)(=O)Nc1ccc2sc(C(=O)Nc3cc(Br)cc(S(=O)(=O)N4CCc5ccc(F)cc5C4)c3)cc2c1. The predicted octanol–water partition coefficient (Wildman–Crippen LogP) is 5.17. The molecule has 5 rings (SSSR count). The van der Waals surface area contributed by atoms with Crippen LogP contribution >= 0.6 is 27.3 Å². The van der Waals surface area contributed by atoms with Crippen molar-refractivity contribution in [3.05, 3.63) is 87.0 Å². The molecular formula is C25H21BrFN3O5S3. The zero-order chi connectivity index (χ0) is 27.2. The number of anilines is 2. The van der Waals surface area contributed by atoms with E-state index in [-0.39, 0.29) is 23.7 Å². The highest BCUT2D eigenvalue weighted by atomic mass is 79.9. The van der Waals surface area contributed by atoms with E-state index in [9.17, 15) is 26.0 Å². The van der Waals surface area contributed by atoms with E-state index in [1.54, 1.807) is 36.4 Å². The second kappa shape index (κ2) is 10.0. The Morgan fingerprint density at radius 1 is 0.974 bits per heavy atom. The van der Waals surface area contributed by atoms with E-state index in [2.05, 4.69) is 26.0 Å². The lowest BCUT2D eigenvalue weighted by Crippen LogP contribution is -2.36. The molecule has 2 N–H and O–H groups in total. The van der Waals surface area contributed by atoms with Crippen molar-refractivity contribution in [1.29, 1.82) is 0 Å². The molecule has 1 aliphatic heterocycles. The molecule has 2 heterocycles. The molecular weight excluding hydrogens is 617 g/mol. The first-order valence-electron chi connectivity index (χ1n) is 11.3. The van der Waals surface area contributed by atoms with E-state index in [4.69, 9.17) is 0 Å². The molecule has 1 aliphatic rings. The van der Waals surface area contributed by atoms with Crippen LogP contribution in [0.5, 0.6) is 0 Å². The minimum Gasteiger partial charge on any atom is -0.321 e. The number of hydrogen-bond donors (Lipinski definition) is 2. The molecule has 0 spiro atoms. The van der Waals surface area contributed by atoms with Gasteiger partial charge in [0.1, 0.15) is 5.82 Å². The first-order chi connectivity index (χ1) is 17.9. The maximum absolute atomic E-state index is 13.7. The van der Waals surface area contributed by atoms with E-state index < -0.39 is 31.8 Å². The zero-order valence-corrected chi connectivity index (χ0v) is 23.9. The van der Waals surface area contributed by atoms with Crippen molar-refractivity contribution in [2.45, 2.75) is 17.9 Å². The number of carbonyl (C=O) groups excluding carboxylic acids is 1. The van der Waals surface area contributed by atoms with Crippen LogP contribution in [-0.2, 0) is 33.0 Å². The fraction of sp³-hybridized carbons (Fsp3) is 0.160. The van der Waals surface area contributed by atoms with E-state index in [1.807, 2.05) is 0 Å². The molecule has 4 aromatic rings. The third kappa shape index (κ3) is 5.76. The van der Waals surface area contributed by atoms with E-state index >= 15 is 0 Å². The molecule has 38 heavy (non-hydrogen) atoms. The number of halogens is 2. The van der Waals surface area contributed by atoms with Gasteiger partial charge < -0.3 is 5.32 Å². The summed E-state index contributed by atoms with van der Waals surface area (Å²) in [6.07, 6.45) is 1.53. The van der Waals surface area contributed by atoms with Crippen molar-refractivity contribution in [3.63, 3.8) is 0 Å². The topological polar surface area (TPSA) is 113 Å². The number of nitrogens with zero attached hydrogens (tertiary/aromatic N) is 1. The summed E-state index contributed by atoms with van der Waals surface area (Å²) in [5.41, 5.74) is 2.21. The summed E-state index contributed by atoms with van der Waals surface area (Å²) < 4.78 is 68.6. The molecule has 0 aliphatic carbocycles. The number of hydrogen-bond acceptors (Lipinski definition) is 6. The molecule has 0 saturated carbocycles. The molecule has 3 aromatic carbocycles. The normalized spacial score (nSPS) is 14.3. The highest BCUT2D eigenvalue weighted by molar-refractivity contribution is 9.10. The maximum Gasteiger partial charge on any atom is 0.265 e. The quantitative estimate of drug-likeness (QED) is 0.303. The third-order valence-corrected chi connectivity index (χ3v) is 9.96. The lowest BCUT2D eigenvalue weighted by Gasteiger charge is -2.28. The van der Waals surface area contributed by atoms with Gasteiger partial charge in [-0.15, -0.1) is 11.3 Å². The maximum atomic E-state index is 13.7. The predicted molar refractivity (Wildman–Crippen MR) is 150 cm³/mol. The van der Waals surface area contributed by atoms with Crippen LogP contribution < -0.4 is 10.0 Å². The lowest BCUT2D eigenvalue weighted by atomic mass is 10.0. The molecule has 1 aromatic heterocycles. The van der Waals surface area contributed by atoms with Gasteiger partial charge in [-0.25, -0.2) is 21.2 Å². The minimum atomic E-state index is -3.93. The van der Waals surface area contributed by atoms with Crippen LogP contribution in [0, 0.1) is 5.82 Å². The Bertz CT molecular complexity index is 1810. The van der Waals surface area contributed by atoms with Crippen LogP contribution in [-0.4, -0.2) is 39.8 Å². The summed E-state index contributed by atoms with van der Waals surface area (Å²) in [7, 11) is -7.37. The summed E-state index contributed by atoms with van der Waals surface area (Å²) in [5.74, 6) is -0.854. The van der Waals surface area contributed by atoms with Crippen molar-refractivity contribution in [1.82, 2.24) is 4.31 Å². The van der Waals surface area contributed by atoms with Gasteiger partial charge in [0, 0.05) is 33.6 Å². The molecule has 198 valence electrons. The Balaban J connectivity index is 1.38. The average Bonchev–Trinajstić information content (AvgIpc) is 3.26. The Morgan fingerprint density at radius 2 is 1.76 bits per heavy atom. The monoisotopic (exact) mass is 637 g/mol.